The summed E-state index contributed by atoms with van der Waals surface area (Å²) in [4.78, 5) is 14.3. The van der Waals surface area contributed by atoms with Crippen molar-refractivity contribution in [3.8, 4) is 0 Å². The highest BCUT2D eigenvalue weighted by Crippen LogP contribution is 2.26. The molecule has 0 radical (unpaired) electrons. The second-order valence-corrected chi connectivity index (χ2v) is 5.95. The zero-order chi connectivity index (χ0) is 13.8. The minimum Gasteiger partial charge on any atom is -0.321 e. The lowest BCUT2D eigenvalue weighted by Gasteiger charge is -2.24. The molecule has 0 aliphatic carbocycles. The molecule has 0 bridgehead atoms. The molecule has 1 heterocycles. The Morgan fingerprint density at radius 3 is 2.58 bits per heavy atom. The molecule has 2 rings (SSSR count). The monoisotopic (exact) mass is 278 g/mol. The average molecular weight is 278 g/mol. The molecule has 1 saturated heterocycles. The van der Waals surface area contributed by atoms with Gasteiger partial charge in [0.2, 0.25) is 5.91 Å². The topological polar surface area (TPSA) is 32.3 Å². The van der Waals surface area contributed by atoms with Gasteiger partial charge in [-0.25, -0.2) is 0 Å². The number of thioether (sulfide) groups is 1. The van der Waals surface area contributed by atoms with E-state index in [1.54, 1.807) is 11.8 Å². The van der Waals surface area contributed by atoms with Gasteiger partial charge in [-0.2, -0.15) is 11.8 Å². The van der Waals surface area contributed by atoms with Gasteiger partial charge in [-0.15, -0.1) is 0 Å². The number of amides is 1. The van der Waals surface area contributed by atoms with Crippen molar-refractivity contribution in [3.05, 3.63) is 35.4 Å². The fourth-order valence-electron chi connectivity index (χ4n) is 2.43. The first-order chi connectivity index (χ1) is 9.17. The summed E-state index contributed by atoms with van der Waals surface area (Å²) in [5.41, 5.74) is 2.42. The Balaban J connectivity index is 2.20. The van der Waals surface area contributed by atoms with Crippen molar-refractivity contribution in [2.75, 3.05) is 18.6 Å². The molecule has 1 aliphatic rings. The smallest absolute Gasteiger partial charge is 0.241 e. The van der Waals surface area contributed by atoms with Crippen LogP contribution in [0.2, 0.25) is 0 Å². The van der Waals surface area contributed by atoms with Crippen molar-refractivity contribution in [3.63, 3.8) is 0 Å². The number of benzene rings is 1. The molecule has 0 spiro atoms. The van der Waals surface area contributed by atoms with Crippen molar-refractivity contribution in [2.24, 2.45) is 0 Å². The lowest BCUT2D eigenvalue weighted by atomic mass is 10.1. The van der Waals surface area contributed by atoms with Crippen LogP contribution in [0.15, 0.2) is 24.3 Å². The van der Waals surface area contributed by atoms with E-state index in [0.29, 0.717) is 0 Å². The number of rotatable bonds is 5. The summed E-state index contributed by atoms with van der Waals surface area (Å²) < 4.78 is 0. The van der Waals surface area contributed by atoms with Gasteiger partial charge >= 0.3 is 0 Å². The fraction of sp³-hybridized carbons (Fsp3) is 0.533. The first-order valence-electron chi connectivity index (χ1n) is 6.79. The third-order valence-electron chi connectivity index (χ3n) is 3.59. The standard InChI is InChI=1S/C15H22N2OS/c1-4-13-15(18)17(9-10-19-3)14(16-13)12-7-5-11(2)6-8-12/h5-8,13-14,16H,4,9-10H2,1-3H3. The summed E-state index contributed by atoms with van der Waals surface area (Å²) in [5.74, 6) is 1.22. The third kappa shape index (κ3) is 3.12. The van der Waals surface area contributed by atoms with Crippen LogP contribution in [0.5, 0.6) is 0 Å². The molecular weight excluding hydrogens is 256 g/mol. The van der Waals surface area contributed by atoms with E-state index < -0.39 is 0 Å². The van der Waals surface area contributed by atoms with E-state index in [0.717, 1.165) is 18.7 Å². The van der Waals surface area contributed by atoms with Crippen LogP contribution >= 0.6 is 11.8 Å². The molecule has 1 fully saturated rings. The van der Waals surface area contributed by atoms with E-state index in [-0.39, 0.29) is 18.1 Å². The summed E-state index contributed by atoms with van der Waals surface area (Å²) in [6, 6.07) is 8.41. The van der Waals surface area contributed by atoms with Crippen LogP contribution in [0.1, 0.15) is 30.6 Å². The van der Waals surface area contributed by atoms with Crippen LogP contribution in [0.3, 0.4) is 0 Å². The normalized spacial score (nSPS) is 23.1. The Morgan fingerprint density at radius 1 is 1.32 bits per heavy atom. The first kappa shape index (κ1) is 14.4. The summed E-state index contributed by atoms with van der Waals surface area (Å²) in [6.07, 6.45) is 2.95. The van der Waals surface area contributed by atoms with Crippen molar-refractivity contribution < 1.29 is 4.79 Å². The molecule has 1 aromatic carbocycles. The fourth-order valence-corrected chi connectivity index (χ4v) is 2.80. The summed E-state index contributed by atoms with van der Waals surface area (Å²) in [5, 5.41) is 3.45. The molecular formula is C15H22N2OS. The van der Waals surface area contributed by atoms with Gasteiger partial charge in [-0.1, -0.05) is 36.8 Å². The van der Waals surface area contributed by atoms with E-state index in [1.807, 2.05) is 4.90 Å². The number of nitrogens with zero attached hydrogens (tertiary/aromatic N) is 1. The number of carbonyl (C=O) groups is 1. The van der Waals surface area contributed by atoms with Crippen LogP contribution < -0.4 is 5.32 Å². The molecule has 2 atom stereocenters. The second kappa shape index (κ2) is 6.44. The Morgan fingerprint density at radius 2 is 2.00 bits per heavy atom. The van der Waals surface area contributed by atoms with E-state index in [4.69, 9.17) is 0 Å². The zero-order valence-electron chi connectivity index (χ0n) is 11.8. The van der Waals surface area contributed by atoms with Gasteiger partial charge in [0.05, 0.1) is 6.04 Å². The summed E-state index contributed by atoms with van der Waals surface area (Å²) >= 11 is 1.78. The molecule has 2 unspecified atom stereocenters. The molecule has 1 aromatic rings. The van der Waals surface area contributed by atoms with Crippen molar-refractivity contribution >= 4 is 17.7 Å². The van der Waals surface area contributed by atoms with Crippen LogP contribution in [0, 0.1) is 6.92 Å². The zero-order valence-corrected chi connectivity index (χ0v) is 12.7. The highest BCUT2D eigenvalue weighted by Gasteiger charge is 2.37. The number of hydrogen-bond acceptors (Lipinski definition) is 3. The Hall–Kier alpha value is -1.00. The predicted molar refractivity (Wildman–Crippen MR) is 81.2 cm³/mol. The Labute approximate surface area is 119 Å². The van der Waals surface area contributed by atoms with Gasteiger partial charge in [0.1, 0.15) is 6.17 Å². The number of hydrogen-bond donors (Lipinski definition) is 1. The molecule has 1 N–H and O–H groups in total. The van der Waals surface area contributed by atoms with Gasteiger partial charge in [0, 0.05) is 12.3 Å². The quantitative estimate of drug-likeness (QED) is 0.898. The van der Waals surface area contributed by atoms with Crippen LogP contribution in [0.4, 0.5) is 0 Å². The van der Waals surface area contributed by atoms with E-state index in [1.165, 1.54) is 11.1 Å². The molecule has 1 aliphatic heterocycles. The van der Waals surface area contributed by atoms with E-state index >= 15 is 0 Å². The molecule has 1 amide bonds. The lowest BCUT2D eigenvalue weighted by molar-refractivity contribution is -0.129. The van der Waals surface area contributed by atoms with E-state index in [9.17, 15) is 4.79 Å². The first-order valence-corrected chi connectivity index (χ1v) is 8.18. The van der Waals surface area contributed by atoms with Gasteiger partial charge in [0.15, 0.2) is 0 Å². The maximum Gasteiger partial charge on any atom is 0.241 e. The number of carbonyl (C=O) groups excluding carboxylic acids is 1. The van der Waals surface area contributed by atoms with Gasteiger partial charge in [-0.05, 0) is 25.2 Å². The Bertz CT molecular complexity index is 432. The second-order valence-electron chi connectivity index (χ2n) is 4.97. The maximum atomic E-state index is 12.3. The molecule has 0 saturated carbocycles. The SMILES string of the molecule is CCC1NC(c2ccc(C)cc2)N(CCSC)C1=O. The minimum atomic E-state index is -0.0341. The van der Waals surface area contributed by atoms with Crippen molar-refractivity contribution in [1.82, 2.24) is 10.2 Å². The van der Waals surface area contributed by atoms with Crippen LogP contribution in [-0.2, 0) is 4.79 Å². The third-order valence-corrected chi connectivity index (χ3v) is 4.18. The summed E-state index contributed by atoms with van der Waals surface area (Å²) in [7, 11) is 0. The van der Waals surface area contributed by atoms with E-state index in [2.05, 4.69) is 49.7 Å². The molecule has 3 nitrogen and oxygen atoms in total. The largest absolute Gasteiger partial charge is 0.321 e. The Kier molecular flexibility index (Phi) is 4.88. The van der Waals surface area contributed by atoms with Crippen molar-refractivity contribution in [1.29, 1.82) is 0 Å². The van der Waals surface area contributed by atoms with Crippen LogP contribution in [0.25, 0.3) is 0 Å². The van der Waals surface area contributed by atoms with Crippen LogP contribution in [-0.4, -0.2) is 35.4 Å². The lowest BCUT2D eigenvalue weighted by Crippen LogP contribution is -2.32. The maximum absolute atomic E-state index is 12.3. The number of nitrogens with one attached hydrogen (secondary N) is 1. The number of aryl methyl sites for hydroxylation is 1. The molecule has 19 heavy (non-hydrogen) atoms. The summed E-state index contributed by atoms with van der Waals surface area (Å²) in [6.45, 7) is 4.94. The predicted octanol–water partition coefficient (Wildman–Crippen LogP) is 2.57. The van der Waals surface area contributed by atoms with Gasteiger partial charge in [0.25, 0.3) is 0 Å². The molecule has 0 aromatic heterocycles. The van der Waals surface area contributed by atoms with Crippen molar-refractivity contribution in [2.45, 2.75) is 32.5 Å². The molecule has 4 heteroatoms. The van der Waals surface area contributed by atoms with Gasteiger partial charge in [-0.3, -0.25) is 10.1 Å². The minimum absolute atomic E-state index is 0.0326. The molecule has 104 valence electrons. The average Bonchev–Trinajstić information content (AvgIpc) is 2.74. The highest BCUT2D eigenvalue weighted by molar-refractivity contribution is 7.98. The van der Waals surface area contributed by atoms with Gasteiger partial charge < -0.3 is 4.90 Å². The highest BCUT2D eigenvalue weighted by atomic mass is 32.2.